The van der Waals surface area contributed by atoms with Crippen LogP contribution in [0.25, 0.3) is 10.8 Å². The molecule has 0 atom stereocenters. The van der Waals surface area contributed by atoms with Crippen LogP contribution in [0.1, 0.15) is 5.56 Å². The fourth-order valence-corrected chi connectivity index (χ4v) is 2.72. The van der Waals surface area contributed by atoms with E-state index in [1.807, 2.05) is 42.5 Å². The Bertz CT molecular complexity index is 888. The van der Waals surface area contributed by atoms with Crippen LogP contribution < -0.4 is 10.6 Å². The van der Waals surface area contributed by atoms with Crippen LogP contribution in [-0.4, -0.2) is 11.0 Å². The lowest BCUT2D eigenvalue weighted by Gasteiger charge is -2.10. The van der Waals surface area contributed by atoms with Crippen LogP contribution in [0.2, 0.25) is 0 Å². The number of carbonyl (C=O) groups excluding carboxylic acids is 1. The second-order valence-corrected chi connectivity index (χ2v) is 5.73. The Hall–Kier alpha value is -2.79. The monoisotopic (exact) mass is 338 g/mol. The van der Waals surface area contributed by atoms with E-state index in [-0.39, 0.29) is 23.3 Å². The lowest BCUT2D eigenvalue weighted by atomic mass is 10.0. The lowest BCUT2D eigenvalue weighted by Crippen LogP contribution is -2.35. The number of hydrogen-bond acceptors (Lipinski definition) is 2. The Morgan fingerprint density at radius 2 is 1.67 bits per heavy atom. The number of carbonyl (C=O) groups is 1. The van der Waals surface area contributed by atoms with Crippen molar-refractivity contribution in [2.45, 2.75) is 6.42 Å². The Balaban J connectivity index is 1.64. The van der Waals surface area contributed by atoms with Crippen molar-refractivity contribution in [3.05, 3.63) is 78.1 Å². The number of anilines is 1. The molecule has 3 aromatic carbocycles. The summed E-state index contributed by atoms with van der Waals surface area (Å²) in [5, 5.41) is 7.83. The van der Waals surface area contributed by atoms with Crippen molar-refractivity contribution in [2.24, 2.45) is 0 Å². The minimum absolute atomic E-state index is 0.187. The van der Waals surface area contributed by atoms with Gasteiger partial charge in [-0.15, -0.1) is 0 Å². The van der Waals surface area contributed by atoms with Crippen molar-refractivity contribution in [3.8, 4) is 0 Å². The van der Waals surface area contributed by atoms with Crippen molar-refractivity contribution in [1.29, 1.82) is 0 Å². The molecule has 0 heterocycles. The van der Waals surface area contributed by atoms with Crippen LogP contribution in [-0.2, 0) is 11.2 Å². The highest BCUT2D eigenvalue weighted by molar-refractivity contribution is 7.80. The minimum atomic E-state index is -0.327. The van der Waals surface area contributed by atoms with E-state index in [1.54, 1.807) is 12.1 Å². The van der Waals surface area contributed by atoms with Crippen LogP contribution in [0, 0.1) is 5.82 Å². The van der Waals surface area contributed by atoms with Gasteiger partial charge in [-0.3, -0.25) is 4.79 Å². The number of halogens is 1. The summed E-state index contributed by atoms with van der Waals surface area (Å²) in [6.07, 6.45) is 0.229. The topological polar surface area (TPSA) is 41.1 Å². The van der Waals surface area contributed by atoms with Gasteiger partial charge in [-0.25, -0.2) is 4.39 Å². The molecule has 3 nitrogen and oxygen atoms in total. The Morgan fingerprint density at radius 1 is 0.958 bits per heavy atom. The zero-order valence-corrected chi connectivity index (χ0v) is 13.6. The molecule has 0 bridgehead atoms. The fraction of sp³-hybridized carbons (Fsp3) is 0.0526. The van der Waals surface area contributed by atoms with Gasteiger partial charge in [0.2, 0.25) is 5.91 Å². The van der Waals surface area contributed by atoms with Crippen molar-refractivity contribution in [1.82, 2.24) is 5.32 Å². The maximum atomic E-state index is 12.9. The highest BCUT2D eigenvalue weighted by Crippen LogP contribution is 2.18. The van der Waals surface area contributed by atoms with E-state index in [9.17, 15) is 9.18 Å². The van der Waals surface area contributed by atoms with Crippen molar-refractivity contribution in [2.75, 3.05) is 5.32 Å². The van der Waals surface area contributed by atoms with Gasteiger partial charge in [0.05, 0.1) is 6.42 Å². The summed E-state index contributed by atoms with van der Waals surface area (Å²) in [6, 6.07) is 19.5. The zero-order chi connectivity index (χ0) is 16.9. The van der Waals surface area contributed by atoms with Crippen molar-refractivity contribution in [3.63, 3.8) is 0 Å². The molecule has 0 unspecified atom stereocenters. The van der Waals surface area contributed by atoms with Gasteiger partial charge in [-0.05, 0) is 52.8 Å². The molecule has 0 radical (unpaired) electrons. The first-order valence-electron chi connectivity index (χ1n) is 7.45. The number of hydrogen-bond donors (Lipinski definition) is 2. The quantitative estimate of drug-likeness (QED) is 0.708. The summed E-state index contributed by atoms with van der Waals surface area (Å²) < 4.78 is 12.9. The first-order valence-corrected chi connectivity index (χ1v) is 7.86. The van der Waals surface area contributed by atoms with Crippen LogP contribution >= 0.6 is 12.2 Å². The molecule has 5 heteroatoms. The van der Waals surface area contributed by atoms with Crippen LogP contribution in [0.15, 0.2) is 66.7 Å². The highest BCUT2D eigenvalue weighted by atomic mass is 32.1. The summed E-state index contributed by atoms with van der Waals surface area (Å²) >= 11 is 5.12. The van der Waals surface area contributed by atoms with E-state index in [0.717, 1.165) is 16.3 Å². The number of nitrogens with one attached hydrogen (secondary N) is 2. The minimum Gasteiger partial charge on any atom is -0.332 e. The third-order valence-electron chi connectivity index (χ3n) is 3.59. The maximum absolute atomic E-state index is 12.9. The largest absolute Gasteiger partial charge is 0.332 e. The first-order chi connectivity index (χ1) is 11.6. The average molecular weight is 338 g/mol. The molecule has 0 spiro atoms. The van der Waals surface area contributed by atoms with Gasteiger partial charge >= 0.3 is 0 Å². The first kappa shape index (κ1) is 16.1. The maximum Gasteiger partial charge on any atom is 0.230 e. The van der Waals surface area contributed by atoms with E-state index in [1.165, 1.54) is 12.1 Å². The van der Waals surface area contributed by atoms with E-state index < -0.39 is 0 Å². The van der Waals surface area contributed by atoms with Crippen molar-refractivity contribution < 1.29 is 9.18 Å². The van der Waals surface area contributed by atoms with Crippen molar-refractivity contribution >= 4 is 39.7 Å². The Labute approximate surface area is 144 Å². The van der Waals surface area contributed by atoms with Gasteiger partial charge in [0.15, 0.2) is 5.11 Å². The normalized spacial score (nSPS) is 10.4. The van der Waals surface area contributed by atoms with E-state index in [4.69, 9.17) is 12.2 Å². The number of benzene rings is 3. The molecule has 2 N–H and O–H groups in total. The molecule has 0 aromatic heterocycles. The van der Waals surface area contributed by atoms with Gasteiger partial charge in [-0.2, -0.15) is 0 Å². The third-order valence-corrected chi connectivity index (χ3v) is 3.79. The second kappa shape index (κ2) is 7.19. The summed E-state index contributed by atoms with van der Waals surface area (Å²) in [4.78, 5) is 12.2. The molecule has 0 aliphatic heterocycles. The highest BCUT2D eigenvalue weighted by Gasteiger charge is 2.09. The molecule has 0 fully saturated rings. The van der Waals surface area contributed by atoms with Gasteiger partial charge in [0.25, 0.3) is 0 Å². The predicted molar refractivity (Wildman–Crippen MR) is 98.4 cm³/mol. The number of rotatable bonds is 3. The molecule has 3 rings (SSSR count). The number of thiocarbonyl (C=S) groups is 1. The molecule has 0 saturated carbocycles. The molecule has 0 aliphatic rings. The molecule has 1 amide bonds. The molecule has 24 heavy (non-hydrogen) atoms. The summed E-state index contributed by atoms with van der Waals surface area (Å²) in [6.45, 7) is 0. The Kier molecular flexibility index (Phi) is 4.82. The van der Waals surface area contributed by atoms with Gasteiger partial charge in [0.1, 0.15) is 5.82 Å². The van der Waals surface area contributed by atoms with E-state index >= 15 is 0 Å². The molecular formula is C19H15FN2OS. The number of fused-ring (bicyclic) bond motifs is 1. The summed E-state index contributed by atoms with van der Waals surface area (Å²) in [5.41, 5.74) is 1.56. The van der Waals surface area contributed by atoms with Crippen LogP contribution in [0.4, 0.5) is 10.1 Å². The smallest absolute Gasteiger partial charge is 0.230 e. The molecule has 0 saturated heterocycles. The molecule has 0 aliphatic carbocycles. The standard InChI is InChI=1S/C19H15FN2OS/c20-15-8-10-16(11-9-15)21-19(24)22-18(23)12-14-6-3-5-13-4-1-2-7-17(13)14/h1-11H,12H2,(H2,21,22,23,24). The predicted octanol–water partition coefficient (Wildman–Crippen LogP) is 4.03. The van der Waals surface area contributed by atoms with Gasteiger partial charge < -0.3 is 10.6 Å². The van der Waals surface area contributed by atoms with Crippen LogP contribution in [0.5, 0.6) is 0 Å². The summed E-state index contributed by atoms with van der Waals surface area (Å²) in [7, 11) is 0. The third kappa shape index (κ3) is 3.94. The van der Waals surface area contributed by atoms with Gasteiger partial charge in [0, 0.05) is 5.69 Å². The Morgan fingerprint density at radius 3 is 2.46 bits per heavy atom. The average Bonchev–Trinajstić information content (AvgIpc) is 2.57. The summed E-state index contributed by atoms with van der Waals surface area (Å²) in [5.74, 6) is -0.530. The fourth-order valence-electron chi connectivity index (χ4n) is 2.49. The molecular weight excluding hydrogens is 323 g/mol. The lowest BCUT2D eigenvalue weighted by molar-refractivity contribution is -0.119. The second-order valence-electron chi connectivity index (χ2n) is 5.32. The van der Waals surface area contributed by atoms with E-state index in [0.29, 0.717) is 5.69 Å². The van der Waals surface area contributed by atoms with E-state index in [2.05, 4.69) is 10.6 Å². The SMILES string of the molecule is O=C(Cc1cccc2ccccc12)NC(=S)Nc1ccc(F)cc1. The zero-order valence-electron chi connectivity index (χ0n) is 12.8. The molecule has 120 valence electrons. The molecule has 3 aromatic rings. The van der Waals surface area contributed by atoms with Gasteiger partial charge in [-0.1, -0.05) is 42.5 Å². The van der Waals surface area contributed by atoms with Crippen LogP contribution in [0.3, 0.4) is 0 Å². The number of amides is 1.